The maximum absolute atomic E-state index is 11.9. The normalized spacial score (nSPS) is 17.8. The van der Waals surface area contributed by atoms with Crippen LogP contribution in [0.15, 0.2) is 0 Å². The number of carboxylic acid groups (broad SMARTS) is 1. The van der Waals surface area contributed by atoms with E-state index in [1.807, 2.05) is 13.8 Å². The van der Waals surface area contributed by atoms with Crippen molar-refractivity contribution in [1.82, 2.24) is 4.90 Å². The zero-order valence-electron chi connectivity index (χ0n) is 11.2. The molecule has 1 fully saturated rings. The van der Waals surface area contributed by atoms with Gasteiger partial charge in [-0.1, -0.05) is 13.8 Å². The molecule has 18 heavy (non-hydrogen) atoms. The van der Waals surface area contributed by atoms with Crippen molar-refractivity contribution in [2.75, 3.05) is 26.3 Å². The second-order valence-electron chi connectivity index (χ2n) is 5.18. The molecule has 0 bridgehead atoms. The number of hydrogen-bond donors (Lipinski definition) is 0. The summed E-state index contributed by atoms with van der Waals surface area (Å²) in [6, 6.07) is 0. The molecule has 5 heteroatoms. The molecule has 0 aromatic rings. The van der Waals surface area contributed by atoms with Crippen LogP contribution in [0, 0.1) is 11.8 Å². The van der Waals surface area contributed by atoms with E-state index in [-0.39, 0.29) is 12.3 Å². The largest absolute Gasteiger partial charge is 0.550 e. The number of carbonyl (C=O) groups excluding carboxylic acids is 2. The monoisotopic (exact) mass is 256 g/mol. The number of morpholine rings is 1. The van der Waals surface area contributed by atoms with E-state index in [2.05, 4.69) is 0 Å². The fourth-order valence-electron chi connectivity index (χ4n) is 2.17. The summed E-state index contributed by atoms with van der Waals surface area (Å²) in [5.74, 6) is -1.24. The van der Waals surface area contributed by atoms with Crippen molar-refractivity contribution >= 4 is 11.9 Å². The molecule has 1 amide bonds. The first kappa shape index (κ1) is 15.0. The number of aliphatic carboxylic acids is 1. The van der Waals surface area contributed by atoms with E-state index >= 15 is 0 Å². The van der Waals surface area contributed by atoms with Gasteiger partial charge in [-0.15, -0.1) is 0 Å². The van der Waals surface area contributed by atoms with Crippen LogP contribution in [-0.2, 0) is 14.3 Å². The third kappa shape index (κ3) is 5.04. The standard InChI is InChI=1S/C13H23NO4/c1-10(2)9-11(13(16)17)3-4-12(15)14-5-7-18-8-6-14/h10-11H,3-9H2,1-2H3,(H,16,17)/p-1/t11-/m1/s1. The fraction of sp³-hybridized carbons (Fsp3) is 0.846. The van der Waals surface area contributed by atoms with Crippen LogP contribution < -0.4 is 5.11 Å². The summed E-state index contributed by atoms with van der Waals surface area (Å²) < 4.78 is 5.17. The van der Waals surface area contributed by atoms with E-state index in [1.54, 1.807) is 4.90 Å². The summed E-state index contributed by atoms with van der Waals surface area (Å²) >= 11 is 0. The lowest BCUT2D eigenvalue weighted by Gasteiger charge is -2.28. The number of ether oxygens (including phenoxy) is 1. The molecule has 0 saturated carbocycles. The minimum absolute atomic E-state index is 0.0216. The second-order valence-corrected chi connectivity index (χ2v) is 5.18. The third-order valence-corrected chi connectivity index (χ3v) is 3.16. The van der Waals surface area contributed by atoms with Gasteiger partial charge in [0.1, 0.15) is 0 Å². The summed E-state index contributed by atoms with van der Waals surface area (Å²) in [6.07, 6.45) is 1.22. The Bertz CT molecular complexity index is 285. The minimum atomic E-state index is -1.04. The van der Waals surface area contributed by atoms with Gasteiger partial charge in [0.2, 0.25) is 5.91 Å². The molecule has 0 spiro atoms. The molecule has 1 aliphatic rings. The Morgan fingerprint density at radius 2 is 1.89 bits per heavy atom. The number of hydrogen-bond acceptors (Lipinski definition) is 4. The summed E-state index contributed by atoms with van der Waals surface area (Å²) in [7, 11) is 0. The second kappa shape index (κ2) is 7.36. The molecule has 1 rings (SSSR count). The van der Waals surface area contributed by atoms with E-state index in [0.29, 0.717) is 45.1 Å². The summed E-state index contributed by atoms with van der Waals surface area (Å²) in [5, 5.41) is 11.0. The Morgan fingerprint density at radius 3 is 2.39 bits per heavy atom. The molecule has 0 N–H and O–H groups in total. The van der Waals surface area contributed by atoms with Crippen molar-refractivity contribution in [3.8, 4) is 0 Å². The fourth-order valence-corrected chi connectivity index (χ4v) is 2.17. The number of nitrogens with zero attached hydrogens (tertiary/aromatic N) is 1. The average molecular weight is 256 g/mol. The summed E-state index contributed by atoms with van der Waals surface area (Å²) in [4.78, 5) is 24.6. The molecule has 0 aromatic heterocycles. The summed E-state index contributed by atoms with van der Waals surface area (Å²) in [6.45, 7) is 6.31. The number of carboxylic acids is 1. The molecule has 0 unspecified atom stereocenters. The minimum Gasteiger partial charge on any atom is -0.550 e. The highest BCUT2D eigenvalue weighted by Gasteiger charge is 2.19. The van der Waals surface area contributed by atoms with Crippen molar-refractivity contribution in [3.63, 3.8) is 0 Å². The third-order valence-electron chi connectivity index (χ3n) is 3.16. The lowest BCUT2D eigenvalue weighted by Crippen LogP contribution is -2.41. The van der Waals surface area contributed by atoms with E-state index in [1.165, 1.54) is 0 Å². The molecule has 104 valence electrons. The number of amides is 1. The van der Waals surface area contributed by atoms with Gasteiger partial charge in [0.25, 0.3) is 0 Å². The van der Waals surface area contributed by atoms with Crippen molar-refractivity contribution in [2.24, 2.45) is 11.8 Å². The Hall–Kier alpha value is -1.10. The Morgan fingerprint density at radius 1 is 1.28 bits per heavy atom. The number of rotatable bonds is 6. The predicted octanol–water partition coefficient (Wildman–Crippen LogP) is 0.0376. The molecule has 1 aliphatic heterocycles. The van der Waals surface area contributed by atoms with Crippen LogP contribution in [0.4, 0.5) is 0 Å². The molecule has 0 radical (unpaired) electrons. The van der Waals surface area contributed by atoms with Gasteiger partial charge in [-0.25, -0.2) is 0 Å². The molecule has 1 atom stereocenters. The van der Waals surface area contributed by atoms with Gasteiger partial charge in [0, 0.05) is 25.5 Å². The quantitative estimate of drug-likeness (QED) is 0.672. The molecule has 5 nitrogen and oxygen atoms in total. The molecule has 1 heterocycles. The molecular formula is C13H22NO4-. The highest BCUT2D eigenvalue weighted by atomic mass is 16.5. The first-order valence-electron chi connectivity index (χ1n) is 6.57. The zero-order chi connectivity index (χ0) is 13.5. The SMILES string of the molecule is CC(C)C[C@@H](CCC(=O)N1CCOCC1)C(=O)[O-]. The highest BCUT2D eigenvalue weighted by Crippen LogP contribution is 2.17. The number of carbonyl (C=O) groups is 2. The Labute approximate surface area is 108 Å². The van der Waals surface area contributed by atoms with Crippen molar-refractivity contribution in [2.45, 2.75) is 33.1 Å². The molecule has 0 aliphatic carbocycles. The van der Waals surface area contributed by atoms with Gasteiger partial charge >= 0.3 is 0 Å². The maximum atomic E-state index is 11.9. The topological polar surface area (TPSA) is 69.7 Å². The van der Waals surface area contributed by atoms with Gasteiger partial charge in [-0.05, 0) is 24.7 Å². The van der Waals surface area contributed by atoms with E-state index in [9.17, 15) is 14.7 Å². The van der Waals surface area contributed by atoms with Gasteiger partial charge in [0.15, 0.2) is 0 Å². The van der Waals surface area contributed by atoms with Crippen LogP contribution in [-0.4, -0.2) is 43.1 Å². The molecular weight excluding hydrogens is 234 g/mol. The van der Waals surface area contributed by atoms with Crippen LogP contribution in [0.3, 0.4) is 0 Å². The van der Waals surface area contributed by atoms with Gasteiger partial charge in [-0.2, -0.15) is 0 Å². The van der Waals surface area contributed by atoms with E-state index in [0.717, 1.165) is 0 Å². The van der Waals surface area contributed by atoms with Crippen molar-refractivity contribution in [3.05, 3.63) is 0 Å². The van der Waals surface area contributed by atoms with E-state index in [4.69, 9.17) is 4.74 Å². The van der Waals surface area contributed by atoms with Crippen LogP contribution >= 0.6 is 0 Å². The summed E-state index contributed by atoms with van der Waals surface area (Å²) in [5.41, 5.74) is 0. The smallest absolute Gasteiger partial charge is 0.222 e. The van der Waals surface area contributed by atoms with E-state index < -0.39 is 11.9 Å². The predicted molar refractivity (Wildman–Crippen MR) is 64.6 cm³/mol. The molecule has 1 saturated heterocycles. The average Bonchev–Trinajstić information content (AvgIpc) is 2.34. The lowest BCUT2D eigenvalue weighted by atomic mass is 9.93. The van der Waals surface area contributed by atoms with Crippen LogP contribution in [0.1, 0.15) is 33.1 Å². The van der Waals surface area contributed by atoms with Crippen LogP contribution in [0.2, 0.25) is 0 Å². The lowest BCUT2D eigenvalue weighted by molar-refractivity contribution is -0.312. The van der Waals surface area contributed by atoms with Gasteiger partial charge < -0.3 is 19.5 Å². The van der Waals surface area contributed by atoms with Crippen molar-refractivity contribution in [1.29, 1.82) is 0 Å². The first-order chi connectivity index (χ1) is 8.50. The highest BCUT2D eigenvalue weighted by molar-refractivity contribution is 5.77. The maximum Gasteiger partial charge on any atom is 0.222 e. The van der Waals surface area contributed by atoms with Gasteiger partial charge in [-0.3, -0.25) is 4.79 Å². The van der Waals surface area contributed by atoms with Crippen molar-refractivity contribution < 1.29 is 19.4 Å². The van der Waals surface area contributed by atoms with Gasteiger partial charge in [0.05, 0.1) is 13.2 Å². The Kier molecular flexibility index (Phi) is 6.12. The van der Waals surface area contributed by atoms with Crippen LogP contribution in [0.25, 0.3) is 0 Å². The molecule has 0 aromatic carbocycles. The Balaban J connectivity index is 2.36. The zero-order valence-corrected chi connectivity index (χ0v) is 11.2. The van der Waals surface area contributed by atoms with Crippen LogP contribution in [0.5, 0.6) is 0 Å². The first-order valence-corrected chi connectivity index (χ1v) is 6.57.